The van der Waals surface area contributed by atoms with E-state index in [9.17, 15) is 24.3 Å². The van der Waals surface area contributed by atoms with Crippen LogP contribution in [0.5, 0.6) is 0 Å². The van der Waals surface area contributed by atoms with Crippen LogP contribution in [0.25, 0.3) is 0 Å². The third kappa shape index (κ3) is 8.41. The number of aromatic amines is 1. The average Bonchev–Trinajstić information content (AvgIpc) is 3.17. The van der Waals surface area contributed by atoms with Crippen molar-refractivity contribution < 1.29 is 24.3 Å². The molecule has 12 heteroatoms. The minimum Gasteiger partial charge on any atom is -0.480 e. The van der Waals surface area contributed by atoms with Crippen molar-refractivity contribution in [3.8, 4) is 0 Å². The fourth-order valence-electron chi connectivity index (χ4n) is 2.57. The van der Waals surface area contributed by atoms with E-state index >= 15 is 0 Å². The molecule has 30 heavy (non-hydrogen) atoms. The smallest absolute Gasteiger partial charge is 0.326 e. The summed E-state index contributed by atoms with van der Waals surface area (Å²) in [6.45, 7) is 5.12. The van der Waals surface area contributed by atoms with E-state index in [0.717, 1.165) is 0 Å². The van der Waals surface area contributed by atoms with Crippen molar-refractivity contribution in [1.82, 2.24) is 25.9 Å². The van der Waals surface area contributed by atoms with Gasteiger partial charge in [0.05, 0.1) is 12.4 Å². The van der Waals surface area contributed by atoms with Crippen LogP contribution < -0.4 is 21.7 Å². The van der Waals surface area contributed by atoms with Crippen LogP contribution in [0.4, 0.5) is 0 Å². The summed E-state index contributed by atoms with van der Waals surface area (Å²) >= 11 is 4.05. The van der Waals surface area contributed by atoms with Gasteiger partial charge in [0.15, 0.2) is 0 Å². The van der Waals surface area contributed by atoms with E-state index < -0.39 is 47.9 Å². The van der Waals surface area contributed by atoms with Gasteiger partial charge in [0.2, 0.25) is 17.7 Å². The fraction of sp³-hybridized carbons (Fsp3) is 0.611. The van der Waals surface area contributed by atoms with Gasteiger partial charge in [-0.25, -0.2) is 9.78 Å². The van der Waals surface area contributed by atoms with E-state index in [0.29, 0.717) is 5.69 Å². The number of imidazole rings is 1. The number of thiol groups is 1. The number of H-pyrrole nitrogens is 1. The highest BCUT2D eigenvalue weighted by atomic mass is 32.1. The van der Waals surface area contributed by atoms with Crippen LogP contribution in [0.2, 0.25) is 0 Å². The number of carbonyl (C=O) groups excluding carboxylic acids is 3. The lowest BCUT2D eigenvalue weighted by atomic mass is 10.0. The van der Waals surface area contributed by atoms with E-state index in [2.05, 4.69) is 38.5 Å². The van der Waals surface area contributed by atoms with Crippen LogP contribution in [-0.4, -0.2) is 68.7 Å². The number of aromatic nitrogens is 2. The molecule has 1 heterocycles. The monoisotopic (exact) mass is 442 g/mol. The van der Waals surface area contributed by atoms with Crippen LogP contribution in [-0.2, 0) is 25.6 Å². The van der Waals surface area contributed by atoms with Crippen molar-refractivity contribution in [1.29, 1.82) is 0 Å². The van der Waals surface area contributed by atoms with E-state index in [-0.39, 0.29) is 24.5 Å². The Hall–Kier alpha value is -2.60. The number of rotatable bonds is 12. The number of amides is 3. The first kappa shape index (κ1) is 25.4. The molecule has 1 aromatic rings. The molecule has 0 bridgehead atoms. The molecule has 4 atom stereocenters. The number of nitrogens with two attached hydrogens (primary N) is 1. The Morgan fingerprint density at radius 1 is 1.10 bits per heavy atom. The second kappa shape index (κ2) is 12.2. The topological polar surface area (TPSA) is 179 Å². The average molecular weight is 443 g/mol. The van der Waals surface area contributed by atoms with Crippen LogP contribution in [0, 0.1) is 5.92 Å². The van der Waals surface area contributed by atoms with Gasteiger partial charge in [0.1, 0.15) is 18.1 Å². The molecule has 168 valence electrons. The summed E-state index contributed by atoms with van der Waals surface area (Å²) in [6.07, 6.45) is 3.47. The first-order valence-corrected chi connectivity index (χ1v) is 10.2. The van der Waals surface area contributed by atoms with Gasteiger partial charge in [-0.2, -0.15) is 12.6 Å². The standard InChI is InChI=1S/C18H30N6O5S/c1-9(2)4-13(18(28)29)23-17(27)14(7-30)24-15(25)10(3)22-16(26)12(19)5-11-6-20-8-21-11/h6,8-10,12-14,30H,4-5,7,19H2,1-3H3,(H,20,21)(H,22,26)(H,23,27)(H,24,25)(H,28,29). The Bertz CT molecular complexity index is 727. The summed E-state index contributed by atoms with van der Waals surface area (Å²) in [5.41, 5.74) is 6.51. The van der Waals surface area contributed by atoms with Crippen LogP contribution in [0.1, 0.15) is 32.9 Å². The van der Waals surface area contributed by atoms with E-state index in [1.807, 2.05) is 13.8 Å². The van der Waals surface area contributed by atoms with Crippen LogP contribution >= 0.6 is 12.6 Å². The highest BCUT2D eigenvalue weighted by Gasteiger charge is 2.28. The number of carboxylic acids is 1. The number of hydrogen-bond donors (Lipinski definition) is 7. The number of nitrogens with one attached hydrogen (secondary N) is 4. The molecule has 0 spiro atoms. The molecule has 0 saturated heterocycles. The molecule has 1 rings (SSSR count). The first-order chi connectivity index (χ1) is 14.0. The summed E-state index contributed by atoms with van der Waals surface area (Å²) in [4.78, 5) is 54.9. The molecule has 4 unspecified atom stereocenters. The lowest BCUT2D eigenvalue weighted by Gasteiger charge is -2.23. The predicted octanol–water partition coefficient (Wildman–Crippen LogP) is -1.19. The lowest BCUT2D eigenvalue weighted by molar-refractivity contribution is -0.142. The molecule has 3 amide bonds. The highest BCUT2D eigenvalue weighted by Crippen LogP contribution is 2.06. The molecule has 0 aromatic carbocycles. The summed E-state index contributed by atoms with van der Waals surface area (Å²) in [5, 5.41) is 16.6. The Morgan fingerprint density at radius 2 is 1.73 bits per heavy atom. The Morgan fingerprint density at radius 3 is 2.23 bits per heavy atom. The summed E-state index contributed by atoms with van der Waals surface area (Å²) in [6, 6.07) is -3.99. The second-order valence-corrected chi connectivity index (χ2v) is 7.76. The Kier molecular flexibility index (Phi) is 10.3. The summed E-state index contributed by atoms with van der Waals surface area (Å²) < 4.78 is 0. The van der Waals surface area contributed by atoms with Crippen molar-refractivity contribution in [3.05, 3.63) is 18.2 Å². The minimum atomic E-state index is -1.16. The van der Waals surface area contributed by atoms with Crippen molar-refractivity contribution in [3.63, 3.8) is 0 Å². The van der Waals surface area contributed by atoms with Gasteiger partial charge in [0, 0.05) is 24.1 Å². The largest absolute Gasteiger partial charge is 0.480 e. The Labute approximate surface area is 180 Å². The van der Waals surface area contributed by atoms with Crippen molar-refractivity contribution in [2.75, 3.05) is 5.75 Å². The maximum Gasteiger partial charge on any atom is 0.326 e. The summed E-state index contributed by atoms with van der Waals surface area (Å²) in [7, 11) is 0. The van der Waals surface area contributed by atoms with Gasteiger partial charge in [-0.15, -0.1) is 0 Å². The molecular formula is C18H30N6O5S. The van der Waals surface area contributed by atoms with E-state index in [4.69, 9.17) is 5.73 Å². The molecule has 0 radical (unpaired) electrons. The van der Waals surface area contributed by atoms with Crippen LogP contribution in [0.15, 0.2) is 12.5 Å². The molecule has 0 aliphatic heterocycles. The molecule has 11 nitrogen and oxygen atoms in total. The van der Waals surface area contributed by atoms with Gasteiger partial charge < -0.3 is 31.8 Å². The Balaban J connectivity index is 2.60. The van der Waals surface area contributed by atoms with Gasteiger partial charge in [-0.1, -0.05) is 13.8 Å². The van der Waals surface area contributed by atoms with Crippen molar-refractivity contribution in [2.45, 2.75) is 57.8 Å². The minimum absolute atomic E-state index is 0.0500. The number of nitrogens with zero attached hydrogens (tertiary/aromatic N) is 1. The van der Waals surface area contributed by atoms with Gasteiger partial charge in [-0.05, 0) is 19.3 Å². The van der Waals surface area contributed by atoms with Crippen LogP contribution in [0.3, 0.4) is 0 Å². The number of carboxylic acid groups (broad SMARTS) is 1. The predicted molar refractivity (Wildman–Crippen MR) is 113 cm³/mol. The molecular weight excluding hydrogens is 412 g/mol. The zero-order chi connectivity index (χ0) is 22.8. The van der Waals surface area contributed by atoms with E-state index in [1.54, 1.807) is 6.20 Å². The quantitative estimate of drug-likeness (QED) is 0.199. The molecule has 7 N–H and O–H groups in total. The van der Waals surface area contributed by atoms with Crippen molar-refractivity contribution in [2.24, 2.45) is 11.7 Å². The third-order valence-electron chi connectivity index (χ3n) is 4.22. The number of aliphatic carboxylic acids is 1. The highest BCUT2D eigenvalue weighted by molar-refractivity contribution is 7.80. The zero-order valence-electron chi connectivity index (χ0n) is 17.2. The van der Waals surface area contributed by atoms with Gasteiger partial charge in [0.25, 0.3) is 0 Å². The third-order valence-corrected chi connectivity index (χ3v) is 4.59. The van der Waals surface area contributed by atoms with E-state index in [1.165, 1.54) is 13.3 Å². The maximum atomic E-state index is 12.4. The second-order valence-electron chi connectivity index (χ2n) is 7.39. The molecule has 0 fully saturated rings. The molecule has 0 aliphatic carbocycles. The molecule has 1 aromatic heterocycles. The van der Waals surface area contributed by atoms with Gasteiger partial charge in [-0.3, -0.25) is 14.4 Å². The zero-order valence-corrected chi connectivity index (χ0v) is 18.1. The fourth-order valence-corrected chi connectivity index (χ4v) is 2.83. The maximum absolute atomic E-state index is 12.4. The molecule has 0 aliphatic rings. The SMILES string of the molecule is CC(C)CC(NC(=O)C(CS)NC(=O)C(C)NC(=O)C(N)Cc1cnc[nH]1)C(=O)O. The van der Waals surface area contributed by atoms with Crippen molar-refractivity contribution >= 4 is 36.3 Å². The first-order valence-electron chi connectivity index (χ1n) is 9.52. The van der Waals surface area contributed by atoms with Gasteiger partial charge >= 0.3 is 5.97 Å². The summed E-state index contributed by atoms with van der Waals surface area (Å²) in [5.74, 6) is -2.99. The lowest BCUT2D eigenvalue weighted by Crippen LogP contribution is -2.57. The number of hydrogen-bond acceptors (Lipinski definition) is 7. The number of carbonyl (C=O) groups is 4. The normalized spacial score (nSPS) is 15.0. The molecule has 0 saturated carbocycles.